The standard InChI is InChI=1S/C17H14ClFN6O/c18-11-6-2-4-8-13(11)23-15-14(20)16(22-9-21-15)24-25-17(26)10-5-1-3-7-12(10)19/h1-9H,20H2,(H,25,26)(H2,21,22,23,24). The third kappa shape index (κ3) is 3.81. The third-order valence-corrected chi connectivity index (χ3v) is 3.75. The number of nitrogens with two attached hydrogens (primary N) is 1. The fourth-order valence-corrected chi connectivity index (χ4v) is 2.30. The third-order valence-electron chi connectivity index (χ3n) is 3.42. The van der Waals surface area contributed by atoms with Crippen molar-refractivity contribution in [2.24, 2.45) is 0 Å². The van der Waals surface area contributed by atoms with Gasteiger partial charge >= 0.3 is 0 Å². The number of carbonyl (C=O) groups is 1. The number of aromatic nitrogens is 2. The lowest BCUT2D eigenvalue weighted by Crippen LogP contribution is -2.31. The molecule has 7 nitrogen and oxygen atoms in total. The first kappa shape index (κ1) is 17.4. The second-order valence-electron chi connectivity index (χ2n) is 5.15. The molecule has 0 atom stereocenters. The number of para-hydroxylation sites is 1. The summed E-state index contributed by atoms with van der Waals surface area (Å²) >= 11 is 6.10. The normalized spacial score (nSPS) is 10.2. The summed E-state index contributed by atoms with van der Waals surface area (Å²) in [6, 6.07) is 12.7. The lowest BCUT2D eigenvalue weighted by molar-refractivity contribution is 0.0958. The molecule has 3 rings (SSSR count). The molecule has 3 aromatic rings. The predicted molar refractivity (Wildman–Crippen MR) is 98.7 cm³/mol. The van der Waals surface area contributed by atoms with E-state index in [1.807, 2.05) is 0 Å². The molecule has 5 N–H and O–H groups in total. The number of halogens is 2. The minimum atomic E-state index is -0.665. The van der Waals surface area contributed by atoms with E-state index < -0.39 is 11.7 Å². The highest BCUT2D eigenvalue weighted by atomic mass is 35.5. The van der Waals surface area contributed by atoms with E-state index in [1.165, 1.54) is 24.5 Å². The van der Waals surface area contributed by atoms with Crippen LogP contribution in [0.2, 0.25) is 5.02 Å². The predicted octanol–water partition coefficient (Wildman–Crippen LogP) is 3.35. The van der Waals surface area contributed by atoms with Crippen LogP contribution in [-0.2, 0) is 0 Å². The molecule has 0 bridgehead atoms. The molecule has 1 heterocycles. The van der Waals surface area contributed by atoms with Crippen molar-refractivity contribution >= 4 is 40.5 Å². The molecular weight excluding hydrogens is 359 g/mol. The van der Waals surface area contributed by atoms with Crippen LogP contribution in [0.5, 0.6) is 0 Å². The van der Waals surface area contributed by atoms with E-state index >= 15 is 0 Å². The Morgan fingerprint density at radius 2 is 1.73 bits per heavy atom. The summed E-state index contributed by atoms with van der Waals surface area (Å²) < 4.78 is 13.6. The molecule has 26 heavy (non-hydrogen) atoms. The van der Waals surface area contributed by atoms with Gasteiger partial charge in [0.15, 0.2) is 11.6 Å². The number of hydrogen-bond donors (Lipinski definition) is 4. The van der Waals surface area contributed by atoms with Crippen molar-refractivity contribution in [3.8, 4) is 0 Å². The number of rotatable bonds is 5. The Morgan fingerprint density at radius 3 is 2.50 bits per heavy atom. The van der Waals surface area contributed by atoms with Crippen molar-refractivity contribution in [1.82, 2.24) is 15.4 Å². The number of hydrogen-bond acceptors (Lipinski definition) is 6. The van der Waals surface area contributed by atoms with Crippen molar-refractivity contribution in [2.45, 2.75) is 0 Å². The van der Waals surface area contributed by atoms with Gasteiger partial charge in [0.1, 0.15) is 17.8 Å². The van der Waals surface area contributed by atoms with Crippen LogP contribution in [-0.4, -0.2) is 15.9 Å². The molecular formula is C17H14ClFN6O. The Hall–Kier alpha value is -3.39. The Labute approximate surface area is 153 Å². The van der Waals surface area contributed by atoms with Crippen LogP contribution in [0.25, 0.3) is 0 Å². The van der Waals surface area contributed by atoms with Gasteiger partial charge in [0.05, 0.1) is 16.3 Å². The summed E-state index contributed by atoms with van der Waals surface area (Å²) in [6.45, 7) is 0. The highest BCUT2D eigenvalue weighted by Crippen LogP contribution is 2.29. The molecule has 1 amide bonds. The van der Waals surface area contributed by atoms with Gasteiger partial charge < -0.3 is 11.1 Å². The van der Waals surface area contributed by atoms with Crippen LogP contribution < -0.4 is 21.9 Å². The molecule has 0 aliphatic rings. The molecule has 0 aliphatic carbocycles. The van der Waals surface area contributed by atoms with E-state index in [-0.39, 0.29) is 17.1 Å². The van der Waals surface area contributed by atoms with Gasteiger partial charge in [0, 0.05) is 0 Å². The summed E-state index contributed by atoms with van der Waals surface area (Å²) in [5.41, 5.74) is 11.6. The van der Waals surface area contributed by atoms with Gasteiger partial charge in [0.2, 0.25) is 0 Å². The van der Waals surface area contributed by atoms with Crippen LogP contribution in [0.4, 0.5) is 27.4 Å². The molecule has 0 spiro atoms. The molecule has 0 saturated heterocycles. The zero-order valence-corrected chi connectivity index (χ0v) is 14.1. The Bertz CT molecular complexity index is 952. The summed E-state index contributed by atoms with van der Waals surface area (Å²) in [5, 5.41) is 3.48. The van der Waals surface area contributed by atoms with Crippen molar-refractivity contribution in [1.29, 1.82) is 0 Å². The zero-order chi connectivity index (χ0) is 18.5. The number of nitrogens with one attached hydrogen (secondary N) is 3. The Balaban J connectivity index is 1.74. The smallest absolute Gasteiger partial charge is 0.272 e. The number of nitrogen functional groups attached to an aromatic ring is 1. The molecule has 0 aliphatic heterocycles. The van der Waals surface area contributed by atoms with E-state index in [1.54, 1.807) is 30.3 Å². The van der Waals surface area contributed by atoms with Crippen molar-refractivity contribution < 1.29 is 9.18 Å². The van der Waals surface area contributed by atoms with E-state index in [2.05, 4.69) is 26.1 Å². The lowest BCUT2D eigenvalue weighted by atomic mass is 10.2. The maximum Gasteiger partial charge on any atom is 0.272 e. The van der Waals surface area contributed by atoms with Crippen LogP contribution in [0.1, 0.15) is 10.4 Å². The average molecular weight is 373 g/mol. The largest absolute Gasteiger partial charge is 0.393 e. The first-order valence-corrected chi connectivity index (χ1v) is 7.87. The van der Waals surface area contributed by atoms with Crippen LogP contribution in [0.3, 0.4) is 0 Å². The lowest BCUT2D eigenvalue weighted by Gasteiger charge is -2.14. The number of hydrazine groups is 1. The highest BCUT2D eigenvalue weighted by molar-refractivity contribution is 6.33. The number of nitrogens with zero attached hydrogens (tertiary/aromatic N) is 2. The number of carbonyl (C=O) groups excluding carboxylic acids is 1. The van der Waals surface area contributed by atoms with Gasteiger partial charge in [-0.05, 0) is 24.3 Å². The van der Waals surface area contributed by atoms with Crippen molar-refractivity contribution in [2.75, 3.05) is 16.5 Å². The minimum Gasteiger partial charge on any atom is -0.393 e. The summed E-state index contributed by atoms with van der Waals surface area (Å²) in [7, 11) is 0. The molecule has 0 saturated carbocycles. The maximum atomic E-state index is 13.6. The van der Waals surface area contributed by atoms with Crippen LogP contribution in [0, 0.1) is 5.82 Å². The molecule has 132 valence electrons. The number of amides is 1. The molecule has 2 aromatic carbocycles. The monoisotopic (exact) mass is 372 g/mol. The SMILES string of the molecule is Nc1c(NNC(=O)c2ccccc2F)ncnc1Nc1ccccc1Cl. The Kier molecular flexibility index (Phi) is 5.14. The second-order valence-corrected chi connectivity index (χ2v) is 5.56. The number of anilines is 4. The van der Waals surface area contributed by atoms with Crippen LogP contribution >= 0.6 is 11.6 Å². The van der Waals surface area contributed by atoms with Gasteiger partial charge in [-0.3, -0.25) is 15.6 Å². The minimum absolute atomic E-state index is 0.109. The first-order valence-electron chi connectivity index (χ1n) is 7.49. The van der Waals surface area contributed by atoms with E-state index in [0.717, 1.165) is 0 Å². The van der Waals surface area contributed by atoms with Gasteiger partial charge in [-0.1, -0.05) is 35.9 Å². The summed E-state index contributed by atoms with van der Waals surface area (Å²) in [4.78, 5) is 20.1. The van der Waals surface area contributed by atoms with Crippen molar-refractivity contribution in [3.05, 3.63) is 71.3 Å². The fraction of sp³-hybridized carbons (Fsp3) is 0. The quantitative estimate of drug-likeness (QED) is 0.512. The van der Waals surface area contributed by atoms with E-state index in [4.69, 9.17) is 17.3 Å². The topological polar surface area (TPSA) is 105 Å². The summed E-state index contributed by atoms with van der Waals surface area (Å²) in [5.74, 6) is -0.847. The van der Waals surface area contributed by atoms with Crippen molar-refractivity contribution in [3.63, 3.8) is 0 Å². The van der Waals surface area contributed by atoms with Crippen LogP contribution in [0.15, 0.2) is 54.9 Å². The molecule has 0 fully saturated rings. The van der Waals surface area contributed by atoms with Gasteiger partial charge in [-0.25, -0.2) is 14.4 Å². The van der Waals surface area contributed by atoms with E-state index in [0.29, 0.717) is 16.5 Å². The van der Waals surface area contributed by atoms with Gasteiger partial charge in [-0.2, -0.15) is 0 Å². The zero-order valence-electron chi connectivity index (χ0n) is 13.3. The summed E-state index contributed by atoms with van der Waals surface area (Å²) in [6.07, 6.45) is 1.26. The molecule has 1 aromatic heterocycles. The van der Waals surface area contributed by atoms with E-state index in [9.17, 15) is 9.18 Å². The number of benzene rings is 2. The second kappa shape index (κ2) is 7.66. The molecule has 0 unspecified atom stereocenters. The van der Waals surface area contributed by atoms with Gasteiger partial charge in [0.25, 0.3) is 5.91 Å². The molecule has 9 heteroatoms. The fourth-order valence-electron chi connectivity index (χ4n) is 2.11. The average Bonchev–Trinajstić information content (AvgIpc) is 2.64. The molecule has 0 radical (unpaired) electrons. The maximum absolute atomic E-state index is 13.6. The Morgan fingerprint density at radius 1 is 1.04 bits per heavy atom. The van der Waals surface area contributed by atoms with Gasteiger partial charge in [-0.15, -0.1) is 0 Å². The first-order chi connectivity index (χ1) is 12.6. The highest BCUT2D eigenvalue weighted by Gasteiger charge is 2.13.